The third kappa shape index (κ3) is 5.01. The summed E-state index contributed by atoms with van der Waals surface area (Å²) >= 11 is 1.53. The minimum atomic E-state index is -0.216. The van der Waals surface area contributed by atoms with Crippen LogP contribution < -0.4 is 5.56 Å². The molecule has 1 N–H and O–H groups in total. The first-order chi connectivity index (χ1) is 16.2. The highest BCUT2D eigenvalue weighted by Crippen LogP contribution is 2.22. The van der Waals surface area contributed by atoms with E-state index in [0.29, 0.717) is 48.0 Å². The zero-order chi connectivity index (χ0) is 22.6. The molecule has 4 heterocycles. The van der Waals surface area contributed by atoms with E-state index in [1.807, 2.05) is 23.6 Å². The number of nitrogens with zero attached hydrogens (tertiary/aromatic N) is 4. The normalized spacial score (nSPS) is 15.8. The van der Waals surface area contributed by atoms with E-state index in [1.54, 1.807) is 23.1 Å². The fourth-order valence-electron chi connectivity index (χ4n) is 3.91. The SMILES string of the molecule is O=C(CCc1nc(-c2cccs2)no1)N(Cc1nc2ccccc2c(=O)[nH]1)C[C@@H]1CCCO1. The first-order valence-corrected chi connectivity index (χ1v) is 11.8. The van der Waals surface area contributed by atoms with Crippen LogP contribution >= 0.6 is 11.3 Å². The maximum absolute atomic E-state index is 13.2. The van der Waals surface area contributed by atoms with E-state index >= 15 is 0 Å². The summed E-state index contributed by atoms with van der Waals surface area (Å²) in [5.74, 6) is 1.31. The van der Waals surface area contributed by atoms with Gasteiger partial charge in [-0.2, -0.15) is 4.98 Å². The molecular formula is C23H23N5O4S. The van der Waals surface area contributed by atoms with Gasteiger partial charge in [-0.05, 0) is 36.4 Å². The summed E-state index contributed by atoms with van der Waals surface area (Å²) in [5.41, 5.74) is 0.389. The van der Waals surface area contributed by atoms with Crippen LogP contribution in [0.2, 0.25) is 0 Å². The summed E-state index contributed by atoms with van der Waals surface area (Å²) in [6, 6.07) is 11.0. The third-order valence-electron chi connectivity index (χ3n) is 5.57. The second-order valence-corrected chi connectivity index (χ2v) is 8.88. The lowest BCUT2D eigenvalue weighted by Crippen LogP contribution is -2.38. The number of carbonyl (C=O) groups is 1. The molecule has 1 aromatic carbocycles. The van der Waals surface area contributed by atoms with Gasteiger partial charge >= 0.3 is 0 Å². The van der Waals surface area contributed by atoms with Gasteiger partial charge in [0.25, 0.3) is 5.56 Å². The number of aromatic amines is 1. The van der Waals surface area contributed by atoms with Crippen molar-refractivity contribution in [2.75, 3.05) is 13.2 Å². The molecule has 1 fully saturated rings. The van der Waals surface area contributed by atoms with Gasteiger partial charge in [-0.25, -0.2) is 4.98 Å². The van der Waals surface area contributed by atoms with Crippen LogP contribution in [0.1, 0.15) is 31.0 Å². The summed E-state index contributed by atoms with van der Waals surface area (Å²) in [5, 5.41) is 6.47. The minimum absolute atomic E-state index is 0.0186. The van der Waals surface area contributed by atoms with E-state index in [-0.39, 0.29) is 30.5 Å². The van der Waals surface area contributed by atoms with Crippen LogP contribution in [-0.4, -0.2) is 50.2 Å². The number of H-pyrrole nitrogens is 1. The monoisotopic (exact) mass is 465 g/mol. The second-order valence-electron chi connectivity index (χ2n) is 7.93. The molecule has 3 aromatic heterocycles. The van der Waals surface area contributed by atoms with E-state index in [2.05, 4.69) is 20.1 Å². The predicted octanol–water partition coefficient (Wildman–Crippen LogP) is 3.18. The number of fused-ring (bicyclic) bond motifs is 1. The van der Waals surface area contributed by atoms with Gasteiger partial charge in [0.05, 0.1) is 28.4 Å². The number of benzene rings is 1. The molecule has 0 radical (unpaired) electrons. The zero-order valence-electron chi connectivity index (χ0n) is 17.9. The van der Waals surface area contributed by atoms with Crippen molar-refractivity contribution in [2.45, 2.75) is 38.3 Å². The molecule has 10 heteroatoms. The molecule has 9 nitrogen and oxygen atoms in total. The van der Waals surface area contributed by atoms with Gasteiger partial charge in [0.1, 0.15) is 5.82 Å². The summed E-state index contributed by atoms with van der Waals surface area (Å²) in [6.45, 7) is 1.34. The summed E-state index contributed by atoms with van der Waals surface area (Å²) < 4.78 is 11.1. The molecular weight excluding hydrogens is 442 g/mol. The molecule has 0 bridgehead atoms. The predicted molar refractivity (Wildman–Crippen MR) is 123 cm³/mol. The number of aromatic nitrogens is 4. The summed E-state index contributed by atoms with van der Waals surface area (Å²) in [4.78, 5) is 40.0. The molecule has 1 aliphatic heterocycles. The highest BCUT2D eigenvalue weighted by atomic mass is 32.1. The number of rotatable bonds is 8. The number of ether oxygens (including phenoxy) is 1. The first-order valence-electron chi connectivity index (χ1n) is 10.9. The smallest absolute Gasteiger partial charge is 0.258 e. The largest absolute Gasteiger partial charge is 0.376 e. The van der Waals surface area contributed by atoms with Gasteiger partial charge in [-0.1, -0.05) is 23.4 Å². The van der Waals surface area contributed by atoms with Crippen molar-refractivity contribution < 1.29 is 14.1 Å². The Kier molecular flexibility index (Phi) is 6.27. The van der Waals surface area contributed by atoms with Crippen molar-refractivity contribution in [3.63, 3.8) is 0 Å². The third-order valence-corrected chi connectivity index (χ3v) is 6.43. The molecule has 0 saturated carbocycles. The van der Waals surface area contributed by atoms with Crippen LogP contribution in [0.15, 0.2) is 51.1 Å². The number of aryl methyl sites for hydroxylation is 1. The maximum atomic E-state index is 13.2. The van der Waals surface area contributed by atoms with Crippen LogP contribution in [0.4, 0.5) is 0 Å². The Hall–Kier alpha value is -3.37. The first kappa shape index (κ1) is 21.5. The Morgan fingerprint density at radius 1 is 1.21 bits per heavy atom. The van der Waals surface area contributed by atoms with Crippen molar-refractivity contribution >= 4 is 28.1 Å². The van der Waals surface area contributed by atoms with Gasteiger partial charge in [-0.15, -0.1) is 11.3 Å². The van der Waals surface area contributed by atoms with Gasteiger partial charge in [0.15, 0.2) is 0 Å². The number of amides is 1. The van der Waals surface area contributed by atoms with E-state index in [0.717, 1.165) is 17.7 Å². The van der Waals surface area contributed by atoms with Crippen molar-refractivity contribution in [3.8, 4) is 10.7 Å². The van der Waals surface area contributed by atoms with Crippen molar-refractivity contribution in [2.24, 2.45) is 0 Å². The molecule has 1 amide bonds. The average Bonchev–Trinajstić information content (AvgIpc) is 3.60. The van der Waals surface area contributed by atoms with E-state index in [1.165, 1.54) is 11.3 Å². The highest BCUT2D eigenvalue weighted by molar-refractivity contribution is 7.13. The standard InChI is InChI=1S/C23H23N5O4S/c29-21(10-9-20-26-22(27-32-20)18-8-4-12-33-18)28(13-15-5-3-11-31-15)14-19-24-17-7-2-1-6-16(17)23(30)25-19/h1-2,4,6-8,12,15H,3,5,9-11,13-14H2,(H,24,25,30)/t15-/m0/s1. The lowest BCUT2D eigenvalue weighted by Gasteiger charge is -2.25. The molecule has 1 aliphatic rings. The molecule has 0 aliphatic carbocycles. The second kappa shape index (κ2) is 9.63. The molecule has 1 saturated heterocycles. The molecule has 5 rings (SSSR count). The lowest BCUT2D eigenvalue weighted by molar-refractivity contribution is -0.133. The fourth-order valence-corrected chi connectivity index (χ4v) is 4.56. The van der Waals surface area contributed by atoms with E-state index in [9.17, 15) is 9.59 Å². The molecule has 0 spiro atoms. The molecule has 170 valence electrons. The van der Waals surface area contributed by atoms with E-state index < -0.39 is 0 Å². The molecule has 1 atom stereocenters. The Morgan fingerprint density at radius 2 is 2.12 bits per heavy atom. The van der Waals surface area contributed by atoms with Crippen LogP contribution in [0.3, 0.4) is 0 Å². The number of hydrogen-bond donors (Lipinski definition) is 1. The maximum Gasteiger partial charge on any atom is 0.258 e. The summed E-state index contributed by atoms with van der Waals surface area (Å²) in [7, 11) is 0. The Bertz CT molecular complexity index is 1290. The molecule has 33 heavy (non-hydrogen) atoms. The van der Waals surface area contributed by atoms with Gasteiger partial charge in [0, 0.05) is 26.0 Å². The number of hydrogen-bond acceptors (Lipinski definition) is 8. The molecule has 0 unspecified atom stereocenters. The van der Waals surface area contributed by atoms with Crippen molar-refractivity contribution in [3.05, 3.63) is 63.8 Å². The van der Waals surface area contributed by atoms with Crippen LogP contribution in [-0.2, 0) is 22.5 Å². The number of nitrogens with one attached hydrogen (secondary N) is 1. The topological polar surface area (TPSA) is 114 Å². The highest BCUT2D eigenvalue weighted by Gasteiger charge is 2.24. The fraction of sp³-hybridized carbons (Fsp3) is 0.348. The van der Waals surface area contributed by atoms with Crippen molar-refractivity contribution in [1.29, 1.82) is 0 Å². The van der Waals surface area contributed by atoms with Gasteiger partial charge in [0.2, 0.25) is 17.6 Å². The quantitative estimate of drug-likeness (QED) is 0.425. The van der Waals surface area contributed by atoms with Crippen LogP contribution in [0.25, 0.3) is 21.6 Å². The Morgan fingerprint density at radius 3 is 2.94 bits per heavy atom. The number of carbonyl (C=O) groups excluding carboxylic acids is 1. The Balaban J connectivity index is 1.30. The van der Waals surface area contributed by atoms with E-state index in [4.69, 9.17) is 9.26 Å². The van der Waals surface area contributed by atoms with Gasteiger partial charge < -0.3 is 19.1 Å². The summed E-state index contributed by atoms with van der Waals surface area (Å²) in [6.07, 6.45) is 2.40. The van der Waals surface area contributed by atoms with Crippen LogP contribution in [0, 0.1) is 0 Å². The number of para-hydroxylation sites is 1. The Labute approximate surface area is 193 Å². The van der Waals surface area contributed by atoms with Crippen molar-refractivity contribution in [1.82, 2.24) is 25.0 Å². The number of thiophene rings is 1. The minimum Gasteiger partial charge on any atom is -0.376 e. The van der Waals surface area contributed by atoms with Gasteiger partial charge in [-0.3, -0.25) is 9.59 Å². The molecule has 4 aromatic rings. The zero-order valence-corrected chi connectivity index (χ0v) is 18.7. The average molecular weight is 466 g/mol. The lowest BCUT2D eigenvalue weighted by atomic mass is 10.2. The van der Waals surface area contributed by atoms with Crippen LogP contribution in [0.5, 0.6) is 0 Å².